The first kappa shape index (κ1) is 18.0. The van der Waals surface area contributed by atoms with E-state index in [4.69, 9.17) is 10.5 Å². The Bertz CT molecular complexity index is 561. The van der Waals surface area contributed by atoms with Crippen molar-refractivity contribution in [3.8, 4) is 0 Å². The van der Waals surface area contributed by atoms with Crippen LogP contribution in [0.4, 0.5) is 4.39 Å². The maximum atomic E-state index is 13.9. The van der Waals surface area contributed by atoms with Crippen LogP contribution in [0.2, 0.25) is 0 Å². The highest BCUT2D eigenvalue weighted by molar-refractivity contribution is 7.89. The molecule has 0 radical (unpaired) electrons. The van der Waals surface area contributed by atoms with E-state index in [1.165, 1.54) is 12.1 Å². The van der Waals surface area contributed by atoms with Crippen LogP contribution in [0.3, 0.4) is 0 Å². The number of hydrogen-bond donors (Lipinski definition) is 2. The number of hydrogen-bond acceptors (Lipinski definition) is 4. The number of rotatable bonds is 8. The molecule has 0 amide bonds. The molecule has 0 bridgehead atoms. The minimum absolute atomic E-state index is 0.0256. The fourth-order valence-electron chi connectivity index (χ4n) is 1.76. The second-order valence-corrected chi connectivity index (χ2v) is 6.78. The van der Waals surface area contributed by atoms with Crippen molar-refractivity contribution in [1.82, 2.24) is 4.72 Å². The van der Waals surface area contributed by atoms with E-state index >= 15 is 0 Å². The summed E-state index contributed by atoms with van der Waals surface area (Å²) in [6.45, 7) is 6.47. The predicted molar refractivity (Wildman–Crippen MR) is 79.7 cm³/mol. The van der Waals surface area contributed by atoms with E-state index in [1.54, 1.807) is 0 Å². The Morgan fingerprint density at radius 2 is 2.05 bits per heavy atom. The van der Waals surface area contributed by atoms with Gasteiger partial charge in [0.25, 0.3) is 0 Å². The molecule has 0 saturated heterocycles. The van der Waals surface area contributed by atoms with Crippen molar-refractivity contribution in [2.45, 2.75) is 38.3 Å². The molecule has 1 unspecified atom stereocenters. The van der Waals surface area contributed by atoms with Crippen molar-refractivity contribution in [2.75, 3.05) is 13.2 Å². The molecular weight excluding hydrogens is 295 g/mol. The van der Waals surface area contributed by atoms with Crippen molar-refractivity contribution in [3.05, 3.63) is 29.6 Å². The molecule has 3 N–H and O–H groups in total. The maximum absolute atomic E-state index is 13.9. The summed E-state index contributed by atoms with van der Waals surface area (Å²) < 4.78 is 46.3. The molecule has 0 fully saturated rings. The van der Waals surface area contributed by atoms with Gasteiger partial charge in [-0.3, -0.25) is 0 Å². The van der Waals surface area contributed by atoms with Crippen LogP contribution >= 0.6 is 0 Å². The minimum atomic E-state index is -3.94. The first-order chi connectivity index (χ1) is 9.81. The Balaban J connectivity index is 2.99. The standard InChI is InChI=1S/C14H23FN2O3S/c1-4-20-9-13(10(2)3)17-21(18,19)14-6-5-11(8-16)7-12(14)15/h5-7,10,13,17H,4,8-9,16H2,1-3H3. The maximum Gasteiger partial charge on any atom is 0.243 e. The molecule has 5 nitrogen and oxygen atoms in total. The average molecular weight is 318 g/mol. The molecular formula is C14H23FN2O3S. The third-order valence-corrected chi connectivity index (χ3v) is 4.66. The van der Waals surface area contributed by atoms with Crippen LogP contribution in [-0.4, -0.2) is 27.7 Å². The quantitative estimate of drug-likeness (QED) is 0.763. The molecule has 1 atom stereocenters. The molecule has 21 heavy (non-hydrogen) atoms. The molecule has 0 aliphatic carbocycles. The summed E-state index contributed by atoms with van der Waals surface area (Å²) in [5.74, 6) is -0.776. The van der Waals surface area contributed by atoms with Crippen molar-refractivity contribution < 1.29 is 17.5 Å². The summed E-state index contributed by atoms with van der Waals surface area (Å²) in [4.78, 5) is -0.373. The molecule has 1 aromatic rings. The van der Waals surface area contributed by atoms with Crippen LogP contribution in [0.5, 0.6) is 0 Å². The van der Waals surface area contributed by atoms with Gasteiger partial charge in [0.2, 0.25) is 10.0 Å². The number of halogens is 1. The van der Waals surface area contributed by atoms with E-state index in [1.807, 2.05) is 20.8 Å². The zero-order valence-corrected chi connectivity index (χ0v) is 13.4. The van der Waals surface area contributed by atoms with E-state index in [0.29, 0.717) is 12.2 Å². The van der Waals surface area contributed by atoms with Crippen molar-refractivity contribution in [2.24, 2.45) is 11.7 Å². The van der Waals surface area contributed by atoms with Gasteiger partial charge in [0.15, 0.2) is 0 Å². The fraction of sp³-hybridized carbons (Fsp3) is 0.571. The first-order valence-electron chi connectivity index (χ1n) is 6.90. The van der Waals surface area contributed by atoms with Crippen LogP contribution in [-0.2, 0) is 21.3 Å². The second-order valence-electron chi connectivity index (χ2n) is 5.10. The fourth-order valence-corrected chi connectivity index (χ4v) is 3.19. The molecule has 120 valence electrons. The number of sulfonamides is 1. The molecule has 0 heterocycles. The largest absolute Gasteiger partial charge is 0.380 e. The van der Waals surface area contributed by atoms with Crippen LogP contribution < -0.4 is 10.5 Å². The van der Waals surface area contributed by atoms with Gasteiger partial charge in [-0.2, -0.15) is 0 Å². The Labute approximate surface area is 125 Å². The topological polar surface area (TPSA) is 81.4 Å². The van der Waals surface area contributed by atoms with Crippen LogP contribution in [0, 0.1) is 11.7 Å². The Morgan fingerprint density at radius 3 is 2.52 bits per heavy atom. The highest BCUT2D eigenvalue weighted by atomic mass is 32.2. The summed E-state index contributed by atoms with van der Waals surface area (Å²) in [6.07, 6.45) is 0. The zero-order chi connectivity index (χ0) is 16.0. The normalized spacial score (nSPS) is 13.6. The third-order valence-electron chi connectivity index (χ3n) is 3.13. The lowest BCUT2D eigenvalue weighted by Crippen LogP contribution is -2.42. The summed E-state index contributed by atoms with van der Waals surface area (Å²) in [5, 5.41) is 0. The molecule has 7 heteroatoms. The van der Waals surface area contributed by atoms with Gasteiger partial charge in [0.1, 0.15) is 10.7 Å². The summed E-state index contributed by atoms with van der Waals surface area (Å²) in [7, 11) is -3.94. The van der Waals surface area contributed by atoms with Gasteiger partial charge in [-0.1, -0.05) is 19.9 Å². The highest BCUT2D eigenvalue weighted by Crippen LogP contribution is 2.17. The van der Waals surface area contributed by atoms with E-state index < -0.39 is 21.9 Å². The van der Waals surface area contributed by atoms with Gasteiger partial charge >= 0.3 is 0 Å². The molecule has 1 rings (SSSR count). The Hall–Kier alpha value is -1.02. The van der Waals surface area contributed by atoms with Gasteiger partial charge in [0.05, 0.1) is 6.61 Å². The zero-order valence-electron chi connectivity index (χ0n) is 12.6. The molecule has 0 aromatic heterocycles. The number of nitrogens with one attached hydrogen (secondary N) is 1. The highest BCUT2D eigenvalue weighted by Gasteiger charge is 2.25. The summed E-state index contributed by atoms with van der Waals surface area (Å²) in [5.41, 5.74) is 5.95. The van der Waals surface area contributed by atoms with Gasteiger partial charge in [-0.05, 0) is 30.5 Å². The van der Waals surface area contributed by atoms with E-state index in [0.717, 1.165) is 6.07 Å². The number of benzene rings is 1. The van der Waals surface area contributed by atoms with Crippen molar-refractivity contribution in [3.63, 3.8) is 0 Å². The molecule has 0 saturated carbocycles. The van der Waals surface area contributed by atoms with E-state index in [-0.39, 0.29) is 24.0 Å². The van der Waals surface area contributed by atoms with Crippen LogP contribution in [0.1, 0.15) is 26.3 Å². The summed E-state index contributed by atoms with van der Waals surface area (Å²) >= 11 is 0. The van der Waals surface area contributed by atoms with Gasteiger partial charge in [-0.25, -0.2) is 17.5 Å². The van der Waals surface area contributed by atoms with Gasteiger partial charge in [-0.15, -0.1) is 0 Å². The van der Waals surface area contributed by atoms with Gasteiger partial charge < -0.3 is 10.5 Å². The lowest BCUT2D eigenvalue weighted by atomic mass is 10.1. The van der Waals surface area contributed by atoms with Crippen molar-refractivity contribution in [1.29, 1.82) is 0 Å². The smallest absolute Gasteiger partial charge is 0.243 e. The lowest BCUT2D eigenvalue weighted by molar-refractivity contribution is 0.116. The van der Waals surface area contributed by atoms with Crippen LogP contribution in [0.15, 0.2) is 23.1 Å². The molecule has 0 aliphatic heterocycles. The van der Waals surface area contributed by atoms with Crippen LogP contribution in [0.25, 0.3) is 0 Å². The monoisotopic (exact) mass is 318 g/mol. The van der Waals surface area contributed by atoms with E-state index in [9.17, 15) is 12.8 Å². The van der Waals surface area contributed by atoms with Crippen molar-refractivity contribution >= 4 is 10.0 Å². The molecule has 0 aliphatic rings. The average Bonchev–Trinajstić information content (AvgIpc) is 2.42. The number of nitrogens with two attached hydrogens (primary N) is 1. The lowest BCUT2D eigenvalue weighted by Gasteiger charge is -2.22. The SMILES string of the molecule is CCOCC(NS(=O)(=O)c1ccc(CN)cc1F)C(C)C. The first-order valence-corrected chi connectivity index (χ1v) is 8.38. The second kappa shape index (κ2) is 7.84. The third kappa shape index (κ3) is 5.03. The number of ether oxygens (including phenoxy) is 1. The minimum Gasteiger partial charge on any atom is -0.380 e. The van der Waals surface area contributed by atoms with E-state index in [2.05, 4.69) is 4.72 Å². The Kier molecular flexibility index (Phi) is 6.73. The Morgan fingerprint density at radius 1 is 1.38 bits per heavy atom. The predicted octanol–water partition coefficient (Wildman–Crippen LogP) is 1.62. The molecule has 1 aromatic carbocycles. The van der Waals surface area contributed by atoms with Gasteiger partial charge in [0, 0.05) is 19.2 Å². The summed E-state index contributed by atoms with van der Waals surface area (Å²) in [6, 6.07) is 3.47. The molecule has 0 spiro atoms.